The number of rotatable bonds is 8. The molecule has 1 heterocycles. The van der Waals surface area contributed by atoms with Crippen molar-refractivity contribution in [2.75, 3.05) is 11.9 Å². The van der Waals surface area contributed by atoms with Gasteiger partial charge in [-0.05, 0) is 43.2 Å². The second-order valence-corrected chi connectivity index (χ2v) is 7.92. The zero-order chi connectivity index (χ0) is 23.7. The van der Waals surface area contributed by atoms with Crippen molar-refractivity contribution in [2.45, 2.75) is 41.2 Å². The summed E-state index contributed by atoms with van der Waals surface area (Å²) < 4.78 is 7.70. The van der Waals surface area contributed by atoms with Crippen molar-refractivity contribution in [1.82, 2.24) is 9.78 Å². The monoisotopic (exact) mass is 455 g/mol. The Kier molecular flexibility index (Phi) is 9.47. The van der Waals surface area contributed by atoms with Gasteiger partial charge in [-0.15, -0.1) is 0 Å². The van der Waals surface area contributed by atoms with E-state index in [0.29, 0.717) is 47.3 Å². The van der Waals surface area contributed by atoms with E-state index in [4.69, 9.17) is 16.3 Å². The van der Waals surface area contributed by atoms with Gasteiger partial charge in [0.25, 0.3) is 5.91 Å². The average Bonchev–Trinajstić information content (AvgIpc) is 3.12. The highest BCUT2D eigenvalue weighted by Crippen LogP contribution is 2.25. The number of nitrogens with zero attached hydrogens (tertiary/aromatic N) is 2. The molecule has 1 amide bonds. The number of amides is 1. The molecule has 3 rings (SSSR count). The Morgan fingerprint density at radius 3 is 2.62 bits per heavy atom. The van der Waals surface area contributed by atoms with Crippen molar-refractivity contribution >= 4 is 29.6 Å². The van der Waals surface area contributed by atoms with Crippen LogP contribution >= 0.6 is 11.6 Å². The van der Waals surface area contributed by atoms with Gasteiger partial charge in [0.2, 0.25) is 0 Å². The third-order valence-electron chi connectivity index (χ3n) is 4.42. The zero-order valence-electron chi connectivity index (χ0n) is 19.2. The van der Waals surface area contributed by atoms with E-state index in [0.717, 1.165) is 17.0 Å². The van der Waals surface area contributed by atoms with Crippen LogP contribution in [-0.2, 0) is 6.54 Å². The van der Waals surface area contributed by atoms with E-state index in [1.54, 1.807) is 35.0 Å². The molecule has 7 heteroatoms. The number of aldehydes is 1. The van der Waals surface area contributed by atoms with Gasteiger partial charge in [-0.3, -0.25) is 14.3 Å². The van der Waals surface area contributed by atoms with E-state index < -0.39 is 0 Å². The van der Waals surface area contributed by atoms with Crippen LogP contribution < -0.4 is 10.1 Å². The van der Waals surface area contributed by atoms with Crippen LogP contribution in [0.15, 0.2) is 48.5 Å². The molecule has 170 valence electrons. The fourth-order valence-electron chi connectivity index (χ4n) is 2.90. The summed E-state index contributed by atoms with van der Waals surface area (Å²) in [7, 11) is 0. The molecule has 1 N–H and O–H groups in total. The molecule has 0 aliphatic carbocycles. The summed E-state index contributed by atoms with van der Waals surface area (Å²) in [6.07, 6.45) is 0.708. The van der Waals surface area contributed by atoms with E-state index in [-0.39, 0.29) is 5.91 Å². The number of hydrogen-bond donors (Lipinski definition) is 1. The molecule has 0 atom stereocenters. The molecule has 0 fully saturated rings. The topological polar surface area (TPSA) is 73.2 Å². The van der Waals surface area contributed by atoms with Gasteiger partial charge < -0.3 is 10.1 Å². The van der Waals surface area contributed by atoms with Crippen LogP contribution in [0.3, 0.4) is 0 Å². The Balaban J connectivity index is 0.00000176. The first-order chi connectivity index (χ1) is 15.4. The van der Waals surface area contributed by atoms with Crippen LogP contribution in [0.1, 0.15) is 59.7 Å². The Hall–Kier alpha value is -3.12. The molecular weight excluding hydrogens is 426 g/mol. The molecule has 3 aromatic rings. The van der Waals surface area contributed by atoms with Crippen LogP contribution in [-0.4, -0.2) is 28.6 Å². The minimum Gasteiger partial charge on any atom is -0.493 e. The minimum atomic E-state index is -0.327. The lowest BCUT2D eigenvalue weighted by atomic mass is 10.1. The fourth-order valence-corrected chi connectivity index (χ4v) is 3.10. The smallest absolute Gasteiger partial charge is 0.256 e. The summed E-state index contributed by atoms with van der Waals surface area (Å²) in [4.78, 5) is 23.4. The molecule has 0 unspecified atom stereocenters. The normalized spacial score (nSPS) is 10.3. The Labute approximate surface area is 194 Å². The summed E-state index contributed by atoms with van der Waals surface area (Å²) in [5.74, 6) is 1.27. The maximum Gasteiger partial charge on any atom is 0.256 e. The lowest BCUT2D eigenvalue weighted by molar-refractivity contribution is 0.102. The van der Waals surface area contributed by atoms with Crippen molar-refractivity contribution < 1.29 is 14.3 Å². The molecule has 0 saturated carbocycles. The largest absolute Gasteiger partial charge is 0.493 e. The molecular formula is C25H30ClN3O3. The zero-order valence-corrected chi connectivity index (χ0v) is 19.9. The van der Waals surface area contributed by atoms with Crippen molar-refractivity contribution in [2.24, 2.45) is 5.92 Å². The summed E-state index contributed by atoms with van der Waals surface area (Å²) in [5.41, 5.74) is 2.62. The highest BCUT2D eigenvalue weighted by atomic mass is 35.5. The van der Waals surface area contributed by atoms with Gasteiger partial charge in [0.05, 0.1) is 13.2 Å². The average molecular weight is 456 g/mol. The van der Waals surface area contributed by atoms with E-state index in [9.17, 15) is 9.59 Å². The Morgan fingerprint density at radius 2 is 1.94 bits per heavy atom. The lowest BCUT2D eigenvalue weighted by Crippen LogP contribution is -2.13. The van der Waals surface area contributed by atoms with Crippen molar-refractivity contribution in [3.63, 3.8) is 0 Å². The number of anilines is 1. The number of carbonyl (C=O) groups is 2. The number of carbonyl (C=O) groups excluding carboxylic acids is 2. The quantitative estimate of drug-likeness (QED) is 0.421. The molecule has 32 heavy (non-hydrogen) atoms. The third-order valence-corrected chi connectivity index (χ3v) is 4.66. The van der Waals surface area contributed by atoms with Crippen LogP contribution in [0.25, 0.3) is 0 Å². The summed E-state index contributed by atoms with van der Waals surface area (Å²) in [6.45, 7) is 11.2. The predicted octanol–water partition coefficient (Wildman–Crippen LogP) is 6.02. The third kappa shape index (κ3) is 6.95. The van der Waals surface area contributed by atoms with E-state index >= 15 is 0 Å². The summed E-state index contributed by atoms with van der Waals surface area (Å²) in [5, 5.41) is 7.89. The second-order valence-electron chi connectivity index (χ2n) is 7.48. The number of aryl methyl sites for hydroxylation is 1. The van der Waals surface area contributed by atoms with Gasteiger partial charge in [-0.2, -0.15) is 5.10 Å². The first-order valence-electron chi connectivity index (χ1n) is 10.7. The van der Waals surface area contributed by atoms with Crippen LogP contribution in [0.5, 0.6) is 5.75 Å². The number of aromatic nitrogens is 2. The molecule has 0 radical (unpaired) electrons. The van der Waals surface area contributed by atoms with Crippen LogP contribution in [0, 0.1) is 12.8 Å². The van der Waals surface area contributed by atoms with E-state index in [1.165, 1.54) is 6.07 Å². The first kappa shape index (κ1) is 25.1. The van der Waals surface area contributed by atoms with Gasteiger partial charge in [0.1, 0.15) is 12.0 Å². The van der Waals surface area contributed by atoms with E-state index in [2.05, 4.69) is 24.3 Å². The SMILES string of the molecule is CC.Cc1cc(NC(=O)c2cccc(C=O)c2)nn1Cc1cc(Cl)ccc1OCC(C)C. The molecule has 1 aromatic heterocycles. The number of benzene rings is 2. The molecule has 6 nitrogen and oxygen atoms in total. The highest BCUT2D eigenvalue weighted by molar-refractivity contribution is 6.30. The Bertz CT molecular complexity index is 1060. The number of ether oxygens (including phenoxy) is 1. The molecule has 0 aliphatic rings. The highest BCUT2D eigenvalue weighted by Gasteiger charge is 2.13. The number of halogens is 1. The first-order valence-corrected chi connectivity index (χ1v) is 11.1. The number of nitrogens with one attached hydrogen (secondary N) is 1. The summed E-state index contributed by atoms with van der Waals surface area (Å²) >= 11 is 6.19. The number of hydrogen-bond acceptors (Lipinski definition) is 4. The van der Waals surface area contributed by atoms with E-state index in [1.807, 2.05) is 32.9 Å². The second kappa shape index (κ2) is 12.1. The van der Waals surface area contributed by atoms with Crippen molar-refractivity contribution in [3.05, 3.63) is 75.9 Å². The standard InChI is InChI=1S/C23H24ClN3O3.C2H6/c1-15(2)14-30-21-8-7-20(24)11-19(21)12-27-16(3)9-22(26-27)25-23(29)18-6-4-5-17(10-18)13-28;1-2/h4-11,13,15H,12,14H2,1-3H3,(H,25,26,29);1-2H3. The van der Waals surface area contributed by atoms with Gasteiger partial charge >= 0.3 is 0 Å². The molecule has 0 aliphatic heterocycles. The maximum atomic E-state index is 12.5. The summed E-state index contributed by atoms with van der Waals surface area (Å²) in [6, 6.07) is 13.8. The predicted molar refractivity (Wildman–Crippen MR) is 129 cm³/mol. The molecule has 0 bridgehead atoms. The van der Waals surface area contributed by atoms with Crippen molar-refractivity contribution in [1.29, 1.82) is 0 Å². The molecule has 0 spiro atoms. The molecule has 2 aromatic carbocycles. The fraction of sp³-hybridized carbons (Fsp3) is 0.320. The van der Waals surface area contributed by atoms with Gasteiger partial charge in [-0.25, -0.2) is 0 Å². The lowest BCUT2D eigenvalue weighted by Gasteiger charge is -2.14. The maximum absolute atomic E-state index is 12.5. The van der Waals surface area contributed by atoms with Gasteiger partial charge in [-0.1, -0.05) is 51.4 Å². The molecule has 0 saturated heterocycles. The van der Waals surface area contributed by atoms with Crippen LogP contribution in [0.2, 0.25) is 5.02 Å². The van der Waals surface area contributed by atoms with Gasteiger partial charge in [0.15, 0.2) is 5.82 Å². The minimum absolute atomic E-state index is 0.327. The van der Waals surface area contributed by atoms with Crippen molar-refractivity contribution in [3.8, 4) is 5.75 Å². The Morgan fingerprint density at radius 1 is 1.19 bits per heavy atom. The van der Waals surface area contributed by atoms with Crippen LogP contribution in [0.4, 0.5) is 5.82 Å². The van der Waals surface area contributed by atoms with Gasteiger partial charge in [0, 0.05) is 33.5 Å².